The van der Waals surface area contributed by atoms with Gasteiger partial charge in [-0.1, -0.05) is 91.5 Å². The van der Waals surface area contributed by atoms with E-state index in [-0.39, 0.29) is 0 Å². The van der Waals surface area contributed by atoms with Gasteiger partial charge in [0, 0.05) is 17.0 Å². The van der Waals surface area contributed by atoms with Crippen molar-refractivity contribution in [2.75, 3.05) is 0 Å². The highest BCUT2D eigenvalue weighted by Gasteiger charge is 2.15. The molecule has 7 aromatic rings. The number of hydrogen-bond acceptors (Lipinski definition) is 2. The van der Waals surface area contributed by atoms with E-state index in [0.717, 1.165) is 65.4 Å². The molecular weight excluding hydrogens is 450 g/mol. The molecule has 0 saturated heterocycles. The fraction of sp³-hybridized carbons (Fsp3) is 0. The third-order valence-corrected chi connectivity index (χ3v) is 7.32. The van der Waals surface area contributed by atoms with Crippen molar-refractivity contribution in [3.8, 4) is 22.3 Å². The van der Waals surface area contributed by atoms with Gasteiger partial charge in [-0.25, -0.2) is 0 Å². The molecule has 1 aromatic heterocycles. The van der Waals surface area contributed by atoms with Gasteiger partial charge in [-0.15, -0.1) is 0 Å². The van der Waals surface area contributed by atoms with Gasteiger partial charge < -0.3 is 9.83 Å². The Balaban J connectivity index is 1.59. The van der Waals surface area contributed by atoms with Gasteiger partial charge in [-0.05, 0) is 84.6 Å². The van der Waals surface area contributed by atoms with Gasteiger partial charge in [0.2, 0.25) is 0 Å². The maximum atomic E-state index is 7.97. The highest BCUT2D eigenvalue weighted by molar-refractivity contribution is 6.10. The molecule has 2 heteroatoms. The minimum absolute atomic E-state index is 0.874. The summed E-state index contributed by atoms with van der Waals surface area (Å²) in [6.45, 7) is 4.59. The largest absolute Gasteiger partial charge is 0.456 e. The van der Waals surface area contributed by atoms with Crippen molar-refractivity contribution in [3.63, 3.8) is 0 Å². The second kappa shape index (κ2) is 8.32. The van der Waals surface area contributed by atoms with Crippen molar-refractivity contribution in [2.45, 2.75) is 0 Å². The van der Waals surface area contributed by atoms with Crippen molar-refractivity contribution in [3.05, 3.63) is 120 Å². The third kappa shape index (κ3) is 3.30. The summed E-state index contributed by atoms with van der Waals surface area (Å²) in [5.41, 5.74) is 6.16. The summed E-state index contributed by atoms with van der Waals surface area (Å²) >= 11 is 0. The van der Waals surface area contributed by atoms with Crippen molar-refractivity contribution in [1.29, 1.82) is 5.41 Å². The van der Waals surface area contributed by atoms with E-state index >= 15 is 0 Å². The number of nitrogens with one attached hydrogen (secondary N) is 1. The van der Waals surface area contributed by atoms with Crippen molar-refractivity contribution >= 4 is 62.4 Å². The van der Waals surface area contributed by atoms with Gasteiger partial charge in [-0.2, -0.15) is 0 Å². The molecule has 0 saturated carbocycles. The van der Waals surface area contributed by atoms with Gasteiger partial charge in [0.15, 0.2) is 0 Å². The maximum Gasteiger partial charge on any atom is 0.135 e. The zero-order chi connectivity index (χ0) is 24.9. The Hall–Kier alpha value is -4.95. The van der Waals surface area contributed by atoms with E-state index in [0.29, 0.717) is 0 Å². The van der Waals surface area contributed by atoms with Crippen LogP contribution in [0.25, 0.3) is 78.4 Å². The van der Waals surface area contributed by atoms with E-state index < -0.39 is 0 Å². The van der Waals surface area contributed by atoms with Gasteiger partial charge in [0.05, 0.1) is 0 Å². The molecule has 1 N–H and O–H groups in total. The van der Waals surface area contributed by atoms with Gasteiger partial charge in [0.25, 0.3) is 0 Å². The minimum atomic E-state index is 0.874. The summed E-state index contributed by atoms with van der Waals surface area (Å²) < 4.78 is 6.08. The van der Waals surface area contributed by atoms with Gasteiger partial charge in [0.1, 0.15) is 11.2 Å². The van der Waals surface area contributed by atoms with E-state index in [4.69, 9.17) is 9.83 Å². The van der Waals surface area contributed by atoms with Crippen LogP contribution in [-0.2, 0) is 0 Å². The lowest BCUT2D eigenvalue weighted by atomic mass is 9.87. The molecule has 0 aliphatic heterocycles. The third-order valence-electron chi connectivity index (χ3n) is 7.32. The van der Waals surface area contributed by atoms with E-state index in [9.17, 15) is 0 Å². The highest BCUT2D eigenvalue weighted by atomic mass is 16.3. The van der Waals surface area contributed by atoms with Crippen LogP contribution in [0.3, 0.4) is 0 Å². The molecule has 2 nitrogen and oxygen atoms in total. The van der Waals surface area contributed by atoms with Crippen molar-refractivity contribution < 1.29 is 4.42 Å². The van der Waals surface area contributed by atoms with E-state index in [1.807, 2.05) is 24.3 Å². The summed E-state index contributed by atoms with van der Waals surface area (Å²) in [5, 5.41) is 16.7. The normalized spacial score (nSPS) is 12.2. The second-order valence-corrected chi connectivity index (χ2v) is 9.39. The Labute approximate surface area is 213 Å². The topological polar surface area (TPSA) is 37.0 Å². The average molecular weight is 474 g/mol. The van der Waals surface area contributed by atoms with E-state index in [1.54, 1.807) is 0 Å². The van der Waals surface area contributed by atoms with Crippen LogP contribution in [-0.4, -0.2) is 6.21 Å². The molecule has 0 radical (unpaired) electrons. The molecule has 37 heavy (non-hydrogen) atoms. The zero-order valence-corrected chi connectivity index (χ0v) is 20.2. The smallest absolute Gasteiger partial charge is 0.135 e. The van der Waals surface area contributed by atoms with Crippen LogP contribution in [0.1, 0.15) is 0 Å². The molecule has 0 atom stereocenters. The lowest BCUT2D eigenvalue weighted by Gasteiger charge is -2.15. The Morgan fingerprint density at radius 1 is 0.568 bits per heavy atom. The van der Waals surface area contributed by atoms with Gasteiger partial charge >= 0.3 is 0 Å². The van der Waals surface area contributed by atoms with Gasteiger partial charge in [-0.3, -0.25) is 0 Å². The lowest BCUT2D eigenvalue weighted by Crippen LogP contribution is -2.28. The number of fused-ring (bicyclic) bond motifs is 5. The Morgan fingerprint density at radius 3 is 2.00 bits per heavy atom. The fourth-order valence-electron chi connectivity index (χ4n) is 5.65. The first kappa shape index (κ1) is 21.3. The number of para-hydroxylation sites is 1. The average Bonchev–Trinajstić information content (AvgIpc) is 3.31. The Morgan fingerprint density at radius 2 is 1.19 bits per heavy atom. The first-order valence-corrected chi connectivity index (χ1v) is 12.4. The second-order valence-electron chi connectivity index (χ2n) is 9.39. The molecule has 7 rings (SSSR count). The molecule has 0 aliphatic carbocycles. The summed E-state index contributed by atoms with van der Waals surface area (Å²) in [6.07, 6.45) is 3.23. The molecule has 0 fully saturated rings. The predicted molar refractivity (Wildman–Crippen MR) is 158 cm³/mol. The number of rotatable bonds is 3. The van der Waals surface area contributed by atoms with Crippen LogP contribution in [0.15, 0.2) is 114 Å². The van der Waals surface area contributed by atoms with Crippen LogP contribution in [0.4, 0.5) is 0 Å². The molecule has 0 spiro atoms. The number of hydrogen-bond donors (Lipinski definition) is 1. The maximum absolute atomic E-state index is 7.97. The highest BCUT2D eigenvalue weighted by Crippen LogP contribution is 2.35. The molecule has 6 aromatic carbocycles. The quantitative estimate of drug-likeness (QED) is 0.259. The predicted octanol–water partition coefficient (Wildman–Crippen LogP) is 8.07. The number of furan rings is 1. The molecule has 0 amide bonds. The summed E-state index contributed by atoms with van der Waals surface area (Å²) in [7, 11) is 0. The first-order valence-electron chi connectivity index (χ1n) is 12.4. The molecule has 0 aliphatic rings. The summed E-state index contributed by atoms with van der Waals surface area (Å²) in [4.78, 5) is 0. The van der Waals surface area contributed by atoms with E-state index in [1.165, 1.54) is 17.0 Å². The van der Waals surface area contributed by atoms with Crippen LogP contribution in [0.2, 0.25) is 0 Å². The van der Waals surface area contributed by atoms with Crippen LogP contribution in [0, 0.1) is 5.41 Å². The van der Waals surface area contributed by atoms with E-state index in [2.05, 4.69) is 97.6 Å². The molecule has 0 bridgehead atoms. The summed E-state index contributed by atoms with van der Waals surface area (Å²) in [5.74, 6) is 0. The van der Waals surface area contributed by atoms with Crippen molar-refractivity contribution in [1.82, 2.24) is 0 Å². The monoisotopic (exact) mass is 473 g/mol. The molecule has 1 heterocycles. The van der Waals surface area contributed by atoms with Crippen LogP contribution in [0.5, 0.6) is 0 Å². The van der Waals surface area contributed by atoms with Crippen LogP contribution >= 0.6 is 0 Å². The number of benzene rings is 6. The first-order chi connectivity index (χ1) is 18.2. The fourth-order valence-corrected chi connectivity index (χ4v) is 5.65. The van der Waals surface area contributed by atoms with Crippen LogP contribution < -0.4 is 10.4 Å². The standard InChI is InChI=1S/C35H23NO/c1-22-27(18-19-36)35(25-15-14-23-8-2-3-9-24(23)20-25)30-12-5-4-11-29(30)34(22)26-16-17-33-31(21-26)28-10-6-7-13-32(28)37-33/h2-21,36H,1H2/b27-18+,36-19?. The molecule has 174 valence electrons. The Bertz CT molecular complexity index is 2130. The SMILES string of the molecule is C=c1c(-c2ccc3oc4ccccc4c3c2)c2ccccc2c(-c2ccc3ccccc3c2)/c1=C/C=N. The minimum Gasteiger partial charge on any atom is -0.456 e. The molecule has 0 unspecified atom stereocenters. The zero-order valence-electron chi connectivity index (χ0n) is 20.2. The summed E-state index contributed by atoms with van der Waals surface area (Å²) in [6, 6.07) is 38.0. The molecular formula is C35H23NO. The lowest BCUT2D eigenvalue weighted by molar-refractivity contribution is 0.669. The van der Waals surface area contributed by atoms with Crippen molar-refractivity contribution in [2.24, 2.45) is 0 Å². The Kier molecular flexibility index (Phi) is 4.80.